The van der Waals surface area contributed by atoms with Gasteiger partial charge in [-0.15, -0.1) is 0 Å². The maximum atomic E-state index is 2.42. The first-order valence-electron chi connectivity index (χ1n) is 14.4. The molecule has 0 bridgehead atoms. The second-order valence-electron chi connectivity index (χ2n) is 10.5. The van der Waals surface area contributed by atoms with Crippen molar-refractivity contribution in [2.45, 2.75) is 90.8 Å². The molecule has 0 aromatic heterocycles. The van der Waals surface area contributed by atoms with Crippen LogP contribution < -0.4 is 0 Å². The highest BCUT2D eigenvalue weighted by molar-refractivity contribution is 5.17. The summed E-state index contributed by atoms with van der Waals surface area (Å²) in [5, 5.41) is 0. The SMILES string of the molecule is CCCCCC/C=C/CCCCCC[N+](Cc1ccccc1)(Cc1ccccc1)Cc1ccccc1. The van der Waals surface area contributed by atoms with E-state index in [-0.39, 0.29) is 0 Å². The summed E-state index contributed by atoms with van der Waals surface area (Å²) in [6.07, 6.45) is 18.1. The summed E-state index contributed by atoms with van der Waals surface area (Å²) in [4.78, 5) is 0. The van der Waals surface area contributed by atoms with Crippen LogP contribution >= 0.6 is 0 Å². The molecule has 0 saturated heterocycles. The molecule has 3 aromatic rings. The van der Waals surface area contributed by atoms with Crippen molar-refractivity contribution in [2.75, 3.05) is 6.54 Å². The molecule has 0 amide bonds. The van der Waals surface area contributed by atoms with Crippen molar-refractivity contribution in [1.82, 2.24) is 0 Å². The molecule has 0 spiro atoms. The lowest BCUT2D eigenvalue weighted by Crippen LogP contribution is -2.46. The molecular formula is C35H48N+. The van der Waals surface area contributed by atoms with E-state index < -0.39 is 0 Å². The number of hydrogen-bond acceptors (Lipinski definition) is 0. The number of hydrogen-bond donors (Lipinski definition) is 0. The van der Waals surface area contributed by atoms with Crippen LogP contribution in [0.5, 0.6) is 0 Å². The zero-order valence-corrected chi connectivity index (χ0v) is 22.7. The van der Waals surface area contributed by atoms with Crippen molar-refractivity contribution < 1.29 is 4.48 Å². The van der Waals surface area contributed by atoms with Gasteiger partial charge in [-0.25, -0.2) is 0 Å². The minimum atomic E-state index is 1.07. The molecule has 0 aliphatic rings. The average Bonchev–Trinajstić information content (AvgIpc) is 2.91. The van der Waals surface area contributed by atoms with Gasteiger partial charge in [0.05, 0.1) is 6.54 Å². The minimum Gasteiger partial charge on any atom is -0.312 e. The van der Waals surface area contributed by atoms with Crippen molar-refractivity contribution in [3.63, 3.8) is 0 Å². The van der Waals surface area contributed by atoms with Gasteiger partial charge in [0.2, 0.25) is 0 Å². The molecule has 36 heavy (non-hydrogen) atoms. The van der Waals surface area contributed by atoms with Crippen molar-refractivity contribution in [2.24, 2.45) is 0 Å². The van der Waals surface area contributed by atoms with E-state index in [1.54, 1.807) is 0 Å². The highest BCUT2D eigenvalue weighted by Gasteiger charge is 2.28. The molecule has 0 N–H and O–H groups in total. The lowest BCUT2D eigenvalue weighted by molar-refractivity contribution is -0.966. The maximum Gasteiger partial charge on any atom is 0.105 e. The first-order chi connectivity index (χ1) is 17.8. The van der Waals surface area contributed by atoms with E-state index in [0.717, 1.165) is 24.1 Å². The van der Waals surface area contributed by atoms with Crippen molar-refractivity contribution in [1.29, 1.82) is 0 Å². The van der Waals surface area contributed by atoms with Gasteiger partial charge < -0.3 is 4.48 Å². The summed E-state index contributed by atoms with van der Waals surface area (Å²) in [5.74, 6) is 0. The number of quaternary nitrogens is 1. The standard InChI is InChI=1S/C35H48N/c1-2-3-4-5-6-7-8-9-10-11-12-22-29-36(30-33-23-16-13-17-24-33,31-34-25-18-14-19-26-34)32-35-27-20-15-21-28-35/h7-8,13-21,23-28H,2-6,9-12,22,29-32H2,1H3/q+1/b8-7+. The molecule has 3 aromatic carbocycles. The number of allylic oxidation sites excluding steroid dienone is 2. The Morgan fingerprint density at radius 2 is 0.861 bits per heavy atom. The second-order valence-corrected chi connectivity index (χ2v) is 10.5. The van der Waals surface area contributed by atoms with E-state index in [1.807, 2.05) is 0 Å². The van der Waals surface area contributed by atoms with Crippen LogP contribution in [0, 0.1) is 0 Å². The predicted molar refractivity (Wildman–Crippen MR) is 157 cm³/mol. The largest absolute Gasteiger partial charge is 0.312 e. The summed E-state index contributed by atoms with van der Waals surface area (Å²) >= 11 is 0. The molecule has 0 fully saturated rings. The monoisotopic (exact) mass is 482 g/mol. The minimum absolute atomic E-state index is 1.07. The molecule has 192 valence electrons. The summed E-state index contributed by atoms with van der Waals surface area (Å²) in [6.45, 7) is 6.72. The van der Waals surface area contributed by atoms with Crippen molar-refractivity contribution >= 4 is 0 Å². The first-order valence-corrected chi connectivity index (χ1v) is 14.4. The highest BCUT2D eigenvalue weighted by Crippen LogP contribution is 2.25. The predicted octanol–water partition coefficient (Wildman–Crippen LogP) is 9.88. The van der Waals surface area contributed by atoms with Gasteiger partial charge >= 0.3 is 0 Å². The highest BCUT2D eigenvalue weighted by atomic mass is 15.3. The van der Waals surface area contributed by atoms with E-state index in [1.165, 1.54) is 87.4 Å². The molecular weight excluding hydrogens is 434 g/mol. The van der Waals surface area contributed by atoms with Gasteiger partial charge in [-0.05, 0) is 38.5 Å². The molecule has 0 saturated carbocycles. The maximum absolute atomic E-state index is 2.42. The van der Waals surface area contributed by atoms with Crippen LogP contribution in [0.3, 0.4) is 0 Å². The van der Waals surface area contributed by atoms with E-state index in [4.69, 9.17) is 0 Å². The summed E-state index contributed by atoms with van der Waals surface area (Å²) in [7, 11) is 0. The Morgan fingerprint density at radius 1 is 0.472 bits per heavy atom. The molecule has 0 radical (unpaired) electrons. The smallest absolute Gasteiger partial charge is 0.105 e. The van der Waals surface area contributed by atoms with Crippen LogP contribution in [0.2, 0.25) is 0 Å². The lowest BCUT2D eigenvalue weighted by atomic mass is 10.0. The van der Waals surface area contributed by atoms with Crippen LogP contribution in [-0.4, -0.2) is 11.0 Å². The molecule has 0 unspecified atom stereocenters. The van der Waals surface area contributed by atoms with Gasteiger partial charge in [0.25, 0.3) is 0 Å². The van der Waals surface area contributed by atoms with Crippen LogP contribution in [0.15, 0.2) is 103 Å². The summed E-state index contributed by atoms with van der Waals surface area (Å²) in [6, 6.07) is 33.3. The topological polar surface area (TPSA) is 0 Å². The van der Waals surface area contributed by atoms with Crippen molar-refractivity contribution in [3.05, 3.63) is 120 Å². The second kappa shape index (κ2) is 16.9. The molecule has 3 rings (SSSR count). The Hall–Kier alpha value is -2.64. The van der Waals surface area contributed by atoms with Gasteiger partial charge in [0, 0.05) is 16.7 Å². The third-order valence-electron chi connectivity index (χ3n) is 7.23. The van der Waals surface area contributed by atoms with Gasteiger partial charge in [0.1, 0.15) is 19.6 Å². The van der Waals surface area contributed by atoms with Crippen LogP contribution in [-0.2, 0) is 19.6 Å². The van der Waals surface area contributed by atoms with Gasteiger partial charge in [-0.2, -0.15) is 0 Å². The third-order valence-corrected chi connectivity index (χ3v) is 7.23. The van der Waals surface area contributed by atoms with E-state index in [9.17, 15) is 0 Å². The zero-order valence-electron chi connectivity index (χ0n) is 22.7. The fourth-order valence-electron chi connectivity index (χ4n) is 5.30. The summed E-state index contributed by atoms with van der Waals surface area (Å²) in [5.41, 5.74) is 4.32. The van der Waals surface area contributed by atoms with Gasteiger partial charge in [-0.1, -0.05) is 136 Å². The molecule has 1 nitrogen and oxygen atoms in total. The first kappa shape index (κ1) is 27.9. The third kappa shape index (κ3) is 11.0. The number of benzene rings is 3. The summed E-state index contributed by atoms with van der Waals surface area (Å²) < 4.78 is 1.08. The van der Waals surface area contributed by atoms with Crippen LogP contribution in [0.25, 0.3) is 0 Å². The molecule has 0 aliphatic heterocycles. The van der Waals surface area contributed by atoms with E-state index >= 15 is 0 Å². The number of unbranched alkanes of at least 4 members (excludes halogenated alkanes) is 8. The van der Waals surface area contributed by atoms with Gasteiger partial charge in [0.15, 0.2) is 0 Å². The molecule has 0 heterocycles. The molecule has 0 atom stereocenters. The Balaban J connectivity index is 1.59. The fraction of sp³-hybridized carbons (Fsp3) is 0.429. The van der Waals surface area contributed by atoms with Crippen LogP contribution in [0.1, 0.15) is 87.8 Å². The average molecular weight is 483 g/mol. The Morgan fingerprint density at radius 3 is 1.28 bits per heavy atom. The lowest BCUT2D eigenvalue weighted by Gasteiger charge is -2.39. The van der Waals surface area contributed by atoms with Gasteiger partial charge in [-0.3, -0.25) is 0 Å². The Kier molecular flexibility index (Phi) is 13.1. The zero-order chi connectivity index (χ0) is 25.2. The molecule has 0 aliphatic carbocycles. The Bertz CT molecular complexity index is 844. The normalized spacial score (nSPS) is 11.8. The number of rotatable bonds is 18. The van der Waals surface area contributed by atoms with Crippen LogP contribution in [0.4, 0.5) is 0 Å². The Labute approximate surface area is 221 Å². The van der Waals surface area contributed by atoms with Crippen molar-refractivity contribution in [3.8, 4) is 0 Å². The van der Waals surface area contributed by atoms with E-state index in [0.29, 0.717) is 0 Å². The molecule has 1 heteroatoms. The fourth-order valence-corrected chi connectivity index (χ4v) is 5.30. The quantitative estimate of drug-likeness (QED) is 0.0961. The van der Waals surface area contributed by atoms with E-state index in [2.05, 4.69) is 110 Å². The number of nitrogens with zero attached hydrogens (tertiary/aromatic N) is 1.